The number of hydrogen-bond donors (Lipinski definition) is 1. The molecule has 1 aliphatic rings. The van der Waals surface area contributed by atoms with Crippen LogP contribution in [0, 0.1) is 5.92 Å². The Bertz CT molecular complexity index is 619. The Labute approximate surface area is 143 Å². The van der Waals surface area contributed by atoms with E-state index in [4.69, 9.17) is 0 Å². The molecule has 1 unspecified atom stereocenters. The molecule has 130 valence electrons. The Morgan fingerprint density at radius 2 is 1.87 bits per heavy atom. The first-order chi connectivity index (χ1) is 10.5. The van der Waals surface area contributed by atoms with Crippen LogP contribution in [0.2, 0.25) is 0 Å². The van der Waals surface area contributed by atoms with Crippen molar-refractivity contribution < 1.29 is 14.5 Å². The van der Waals surface area contributed by atoms with Gasteiger partial charge in [-0.25, -0.2) is 4.79 Å². The summed E-state index contributed by atoms with van der Waals surface area (Å²) in [6.07, 6.45) is 4.76. The largest absolute Gasteiger partial charge is 0.477 e. The molecule has 5 heteroatoms. The van der Waals surface area contributed by atoms with Gasteiger partial charge in [-0.05, 0) is 42.5 Å². The molecule has 0 bridgehead atoms. The fraction of sp³-hybridized carbons (Fsp3) is 0.722. The molecule has 23 heavy (non-hydrogen) atoms. The lowest BCUT2D eigenvalue weighted by Gasteiger charge is -2.31. The molecule has 0 spiro atoms. The van der Waals surface area contributed by atoms with E-state index in [1.807, 2.05) is 12.7 Å². The molecule has 0 amide bonds. The Kier molecular flexibility index (Phi) is 5.48. The van der Waals surface area contributed by atoms with Crippen LogP contribution in [0.15, 0.2) is 6.07 Å². The van der Waals surface area contributed by atoms with Crippen molar-refractivity contribution in [3.63, 3.8) is 0 Å². The molecule has 1 atom stereocenters. The van der Waals surface area contributed by atoms with Crippen LogP contribution >= 0.6 is 18.5 Å². The first-order valence-electron chi connectivity index (χ1n) is 8.43. The second-order valence-electron chi connectivity index (χ2n) is 8.27. The molecule has 0 saturated heterocycles. The summed E-state index contributed by atoms with van der Waals surface area (Å²) in [6, 6.07) is 1.98. The van der Waals surface area contributed by atoms with Crippen molar-refractivity contribution in [2.24, 2.45) is 5.92 Å². The molecule has 1 N–H and O–H groups in total. The molecule has 1 aromatic rings. The summed E-state index contributed by atoms with van der Waals surface area (Å²) < 4.78 is 13.3. The first kappa shape index (κ1) is 18.7. The SMILES string of the molecule is CC1CCC(P(C)(=O)Cc2cc(C(C)(C)C)sc2C(=O)O)CC1. The van der Waals surface area contributed by atoms with E-state index in [-0.39, 0.29) is 11.1 Å². The van der Waals surface area contributed by atoms with Crippen LogP contribution in [0.3, 0.4) is 0 Å². The molecule has 1 aromatic heterocycles. The van der Waals surface area contributed by atoms with Crippen LogP contribution in [-0.4, -0.2) is 23.4 Å². The van der Waals surface area contributed by atoms with Gasteiger partial charge >= 0.3 is 5.97 Å². The van der Waals surface area contributed by atoms with Crippen molar-refractivity contribution in [1.82, 2.24) is 0 Å². The summed E-state index contributed by atoms with van der Waals surface area (Å²) >= 11 is 1.34. The van der Waals surface area contributed by atoms with Crippen LogP contribution < -0.4 is 0 Å². The smallest absolute Gasteiger partial charge is 0.346 e. The summed E-state index contributed by atoms with van der Waals surface area (Å²) in [6.45, 7) is 10.4. The van der Waals surface area contributed by atoms with Gasteiger partial charge in [0, 0.05) is 16.7 Å². The third-order valence-corrected chi connectivity index (χ3v) is 9.61. The molecular weight excluding hydrogens is 327 g/mol. The van der Waals surface area contributed by atoms with Crippen molar-refractivity contribution in [1.29, 1.82) is 0 Å². The molecule has 1 heterocycles. The van der Waals surface area contributed by atoms with Crippen molar-refractivity contribution in [3.8, 4) is 0 Å². The zero-order chi connectivity index (χ0) is 17.4. The summed E-state index contributed by atoms with van der Waals surface area (Å²) in [4.78, 5) is 13.0. The van der Waals surface area contributed by atoms with Gasteiger partial charge in [-0.3, -0.25) is 0 Å². The molecule has 0 radical (unpaired) electrons. The van der Waals surface area contributed by atoms with E-state index < -0.39 is 13.1 Å². The van der Waals surface area contributed by atoms with E-state index in [0.29, 0.717) is 11.0 Å². The Balaban J connectivity index is 2.26. The molecule has 0 aliphatic heterocycles. The maximum atomic E-state index is 13.3. The number of hydrogen-bond acceptors (Lipinski definition) is 3. The molecule has 0 aromatic carbocycles. The number of carboxylic acid groups (broad SMARTS) is 1. The summed E-state index contributed by atoms with van der Waals surface area (Å²) in [7, 11) is -2.38. The van der Waals surface area contributed by atoms with E-state index in [1.54, 1.807) is 0 Å². The lowest BCUT2D eigenvalue weighted by atomic mass is 9.91. The fourth-order valence-corrected chi connectivity index (χ4v) is 7.11. The Morgan fingerprint density at radius 3 is 2.35 bits per heavy atom. The first-order valence-corrected chi connectivity index (χ1v) is 11.7. The number of rotatable bonds is 4. The third-order valence-electron chi connectivity index (χ3n) is 4.98. The van der Waals surface area contributed by atoms with Gasteiger partial charge in [-0.1, -0.05) is 40.5 Å². The Morgan fingerprint density at radius 1 is 1.30 bits per heavy atom. The van der Waals surface area contributed by atoms with Crippen molar-refractivity contribution in [3.05, 3.63) is 21.4 Å². The summed E-state index contributed by atoms with van der Waals surface area (Å²) in [5.41, 5.74) is 0.959. The van der Waals surface area contributed by atoms with Crippen molar-refractivity contribution in [2.75, 3.05) is 6.66 Å². The van der Waals surface area contributed by atoms with E-state index in [9.17, 15) is 14.5 Å². The third kappa shape index (κ3) is 4.48. The maximum Gasteiger partial charge on any atom is 0.346 e. The fourth-order valence-electron chi connectivity index (χ4n) is 3.35. The van der Waals surface area contributed by atoms with Gasteiger partial charge in [0.05, 0.1) is 7.14 Å². The van der Waals surface area contributed by atoms with Gasteiger partial charge in [-0.2, -0.15) is 0 Å². The van der Waals surface area contributed by atoms with E-state index in [1.165, 1.54) is 11.3 Å². The second kappa shape index (κ2) is 6.72. The normalized spacial score (nSPS) is 25.1. The maximum absolute atomic E-state index is 13.3. The summed E-state index contributed by atoms with van der Waals surface area (Å²) in [5, 5.41) is 9.51. The number of carboxylic acids is 1. The zero-order valence-electron chi connectivity index (χ0n) is 14.9. The minimum absolute atomic E-state index is 0.0783. The van der Waals surface area contributed by atoms with Gasteiger partial charge in [0.2, 0.25) is 0 Å². The van der Waals surface area contributed by atoms with Crippen molar-refractivity contribution in [2.45, 2.75) is 70.6 Å². The van der Waals surface area contributed by atoms with Crippen LogP contribution in [0.5, 0.6) is 0 Å². The van der Waals surface area contributed by atoms with Gasteiger partial charge < -0.3 is 9.67 Å². The van der Waals surface area contributed by atoms with E-state index in [0.717, 1.165) is 42.0 Å². The highest BCUT2D eigenvalue weighted by atomic mass is 32.1. The van der Waals surface area contributed by atoms with Gasteiger partial charge in [0.25, 0.3) is 0 Å². The molecule has 1 fully saturated rings. The molecule has 2 rings (SSSR count). The topological polar surface area (TPSA) is 54.4 Å². The standard InChI is InChI=1S/C18H29O3PS/c1-12-6-8-14(9-7-12)22(5,21)11-13-10-15(18(2,3)4)23-16(13)17(19)20/h10,12,14H,6-9,11H2,1-5H3,(H,19,20). The lowest BCUT2D eigenvalue weighted by Crippen LogP contribution is -2.18. The van der Waals surface area contributed by atoms with Crippen LogP contribution in [0.25, 0.3) is 0 Å². The van der Waals surface area contributed by atoms with Gasteiger partial charge in [0.15, 0.2) is 0 Å². The van der Waals surface area contributed by atoms with Crippen LogP contribution in [-0.2, 0) is 16.1 Å². The van der Waals surface area contributed by atoms with Crippen LogP contribution in [0.1, 0.15) is 73.5 Å². The van der Waals surface area contributed by atoms with Gasteiger partial charge in [0.1, 0.15) is 4.88 Å². The minimum atomic E-state index is -2.38. The zero-order valence-corrected chi connectivity index (χ0v) is 16.6. The molecule has 1 aliphatic carbocycles. The minimum Gasteiger partial charge on any atom is -0.477 e. The average Bonchev–Trinajstić information content (AvgIpc) is 2.82. The lowest BCUT2D eigenvalue weighted by molar-refractivity contribution is 0.0701. The number of thiophene rings is 1. The summed E-state index contributed by atoms with van der Waals surface area (Å²) in [5.74, 6) is -0.160. The quantitative estimate of drug-likeness (QED) is 0.692. The Hall–Kier alpha value is -0.600. The highest BCUT2D eigenvalue weighted by Crippen LogP contribution is 2.56. The molecule has 3 nitrogen and oxygen atoms in total. The van der Waals surface area contributed by atoms with E-state index >= 15 is 0 Å². The van der Waals surface area contributed by atoms with E-state index in [2.05, 4.69) is 27.7 Å². The monoisotopic (exact) mass is 356 g/mol. The molecular formula is C18H29O3PS. The highest BCUT2D eigenvalue weighted by Gasteiger charge is 2.33. The van der Waals surface area contributed by atoms with Gasteiger partial charge in [-0.15, -0.1) is 11.3 Å². The average molecular weight is 356 g/mol. The van der Waals surface area contributed by atoms with Crippen molar-refractivity contribution >= 4 is 24.4 Å². The predicted molar refractivity (Wildman–Crippen MR) is 98.6 cm³/mol. The highest BCUT2D eigenvalue weighted by molar-refractivity contribution is 7.63. The predicted octanol–water partition coefficient (Wildman–Crippen LogP) is 5.82. The molecule has 1 saturated carbocycles. The van der Waals surface area contributed by atoms with Crippen LogP contribution in [0.4, 0.5) is 0 Å². The number of aromatic carboxylic acids is 1. The second-order valence-corrected chi connectivity index (χ2v) is 12.7. The number of carbonyl (C=O) groups is 1.